The lowest BCUT2D eigenvalue weighted by Crippen LogP contribution is -2.46. The number of aliphatic hydroxyl groups is 2. The third-order valence-corrected chi connectivity index (χ3v) is 9.97. The van der Waals surface area contributed by atoms with Crippen molar-refractivity contribution in [2.45, 2.75) is 98.0 Å². The number of hydrogen-bond acceptors (Lipinski definition) is 2. The molecular weight excluding hydrogens is 356 g/mol. The van der Waals surface area contributed by atoms with E-state index in [9.17, 15) is 10.2 Å². The van der Waals surface area contributed by atoms with Crippen molar-refractivity contribution in [2.24, 2.45) is 40.4 Å². The molecule has 4 rings (SSSR count). The Morgan fingerprint density at radius 3 is 2.55 bits per heavy atom. The zero-order valence-corrected chi connectivity index (χ0v) is 19.3. The van der Waals surface area contributed by atoms with Crippen LogP contribution in [0.3, 0.4) is 0 Å². The van der Waals surface area contributed by atoms with Crippen LogP contribution in [0, 0.1) is 40.4 Å². The SMILES string of the molecule is C[C@@H](CO)CCC[C@@H](C)[C@H]1CC[C@H]2C3=CC=C4C[C@@H](O)CC[C@]4(C)[C@H]3CC[C@]12C. The van der Waals surface area contributed by atoms with Crippen LogP contribution in [0.5, 0.6) is 0 Å². The molecule has 0 aromatic rings. The Bertz CT molecular complexity index is 663. The van der Waals surface area contributed by atoms with E-state index in [1.54, 1.807) is 5.57 Å². The molecule has 0 aliphatic heterocycles. The van der Waals surface area contributed by atoms with Crippen LogP contribution in [0.4, 0.5) is 0 Å². The second-order valence-corrected chi connectivity index (χ2v) is 11.7. The van der Waals surface area contributed by atoms with Gasteiger partial charge in [-0.2, -0.15) is 0 Å². The van der Waals surface area contributed by atoms with Gasteiger partial charge in [0.1, 0.15) is 0 Å². The fraction of sp³-hybridized carbons (Fsp3) is 0.852. The first kappa shape index (κ1) is 21.6. The molecule has 0 saturated heterocycles. The normalized spacial score (nSPS) is 43.5. The van der Waals surface area contributed by atoms with Crippen LogP contribution in [0.15, 0.2) is 23.3 Å². The van der Waals surface area contributed by atoms with Crippen molar-refractivity contribution in [2.75, 3.05) is 6.61 Å². The second kappa shape index (κ2) is 8.15. The highest BCUT2D eigenvalue weighted by Crippen LogP contribution is 2.66. The Morgan fingerprint density at radius 1 is 1.00 bits per heavy atom. The smallest absolute Gasteiger partial charge is 0.0578 e. The van der Waals surface area contributed by atoms with Crippen LogP contribution < -0.4 is 0 Å². The van der Waals surface area contributed by atoms with Gasteiger partial charge in [-0.15, -0.1) is 0 Å². The summed E-state index contributed by atoms with van der Waals surface area (Å²) < 4.78 is 0. The van der Waals surface area contributed by atoms with Crippen molar-refractivity contribution in [1.29, 1.82) is 0 Å². The van der Waals surface area contributed by atoms with Gasteiger partial charge in [-0.3, -0.25) is 0 Å². The molecule has 2 N–H and O–H groups in total. The van der Waals surface area contributed by atoms with Gasteiger partial charge < -0.3 is 10.2 Å². The lowest BCUT2D eigenvalue weighted by molar-refractivity contribution is 0.0321. The molecular formula is C27H44O2. The first-order chi connectivity index (χ1) is 13.8. The molecule has 0 bridgehead atoms. The van der Waals surface area contributed by atoms with Crippen molar-refractivity contribution < 1.29 is 10.2 Å². The van der Waals surface area contributed by atoms with Gasteiger partial charge >= 0.3 is 0 Å². The Morgan fingerprint density at radius 2 is 1.79 bits per heavy atom. The molecule has 3 saturated carbocycles. The zero-order valence-electron chi connectivity index (χ0n) is 19.3. The molecule has 0 heterocycles. The Balaban J connectivity index is 1.49. The third kappa shape index (κ3) is 3.67. The van der Waals surface area contributed by atoms with Crippen LogP contribution in [-0.4, -0.2) is 22.9 Å². The molecule has 0 aromatic carbocycles. The summed E-state index contributed by atoms with van der Waals surface area (Å²) in [6.07, 6.45) is 17.1. The minimum absolute atomic E-state index is 0.122. The van der Waals surface area contributed by atoms with Crippen molar-refractivity contribution in [3.8, 4) is 0 Å². The quantitative estimate of drug-likeness (QED) is 0.551. The standard InChI is InChI=1S/C27H44O2/c1-18(17-28)6-5-7-19(2)23-10-11-24-22-9-8-20-16-21(29)12-14-26(20,3)25(22)13-15-27(23,24)4/h8-9,18-19,21,23-25,28-29H,5-7,10-17H2,1-4H3/t18-,19-,21+,23-,24+,25+,26+,27-/m1/s1. The molecule has 164 valence electrons. The van der Waals surface area contributed by atoms with Gasteiger partial charge in [0.15, 0.2) is 0 Å². The van der Waals surface area contributed by atoms with Gasteiger partial charge in [0.25, 0.3) is 0 Å². The molecule has 29 heavy (non-hydrogen) atoms. The molecule has 4 aliphatic rings. The summed E-state index contributed by atoms with van der Waals surface area (Å²) in [7, 11) is 0. The Hall–Kier alpha value is -0.600. The fourth-order valence-electron chi connectivity index (χ4n) is 8.04. The summed E-state index contributed by atoms with van der Waals surface area (Å²) in [5.74, 6) is 3.58. The average Bonchev–Trinajstić information content (AvgIpc) is 3.05. The molecule has 2 nitrogen and oxygen atoms in total. The first-order valence-corrected chi connectivity index (χ1v) is 12.5. The summed E-state index contributed by atoms with van der Waals surface area (Å²) in [6.45, 7) is 10.1. The number of rotatable bonds is 6. The molecule has 0 unspecified atom stereocenters. The van der Waals surface area contributed by atoms with Gasteiger partial charge in [0, 0.05) is 6.61 Å². The van der Waals surface area contributed by atoms with Crippen molar-refractivity contribution in [3.63, 3.8) is 0 Å². The summed E-state index contributed by atoms with van der Waals surface area (Å²) >= 11 is 0. The summed E-state index contributed by atoms with van der Waals surface area (Å²) in [6, 6.07) is 0. The molecule has 0 radical (unpaired) electrons. The van der Waals surface area contributed by atoms with E-state index in [1.807, 2.05) is 0 Å². The highest BCUT2D eigenvalue weighted by atomic mass is 16.3. The Kier molecular flexibility index (Phi) is 6.08. The summed E-state index contributed by atoms with van der Waals surface area (Å²) in [4.78, 5) is 0. The van der Waals surface area contributed by atoms with Gasteiger partial charge in [-0.1, -0.05) is 63.8 Å². The second-order valence-electron chi connectivity index (χ2n) is 11.7. The molecule has 2 heteroatoms. The van der Waals surface area contributed by atoms with Crippen LogP contribution in [0.1, 0.15) is 91.9 Å². The van der Waals surface area contributed by atoms with E-state index < -0.39 is 0 Å². The van der Waals surface area contributed by atoms with Crippen LogP contribution in [-0.2, 0) is 0 Å². The summed E-state index contributed by atoms with van der Waals surface area (Å²) in [5, 5.41) is 19.5. The maximum atomic E-state index is 10.2. The van der Waals surface area contributed by atoms with Crippen LogP contribution >= 0.6 is 0 Å². The predicted molar refractivity (Wildman–Crippen MR) is 120 cm³/mol. The maximum Gasteiger partial charge on any atom is 0.0578 e. The summed E-state index contributed by atoms with van der Waals surface area (Å²) in [5.41, 5.74) is 4.06. The minimum atomic E-state index is -0.122. The van der Waals surface area contributed by atoms with Gasteiger partial charge in [-0.05, 0) is 91.8 Å². The van der Waals surface area contributed by atoms with E-state index >= 15 is 0 Å². The van der Waals surface area contributed by atoms with Crippen molar-refractivity contribution in [3.05, 3.63) is 23.3 Å². The minimum Gasteiger partial charge on any atom is -0.396 e. The topological polar surface area (TPSA) is 40.5 Å². The maximum absolute atomic E-state index is 10.2. The molecule has 0 spiro atoms. The van der Waals surface area contributed by atoms with E-state index in [2.05, 4.69) is 39.8 Å². The number of allylic oxidation sites excluding steroid dienone is 3. The molecule has 0 amide bonds. The first-order valence-electron chi connectivity index (χ1n) is 12.5. The monoisotopic (exact) mass is 400 g/mol. The Labute approximate surface area is 178 Å². The average molecular weight is 401 g/mol. The van der Waals surface area contributed by atoms with E-state index in [1.165, 1.54) is 50.5 Å². The lowest BCUT2D eigenvalue weighted by Gasteiger charge is -2.55. The van der Waals surface area contributed by atoms with Gasteiger partial charge in [0.2, 0.25) is 0 Å². The number of fused-ring (bicyclic) bond motifs is 5. The van der Waals surface area contributed by atoms with E-state index in [0.29, 0.717) is 29.3 Å². The molecule has 0 aromatic heterocycles. The number of hydrogen-bond donors (Lipinski definition) is 2. The van der Waals surface area contributed by atoms with E-state index in [0.717, 1.165) is 37.0 Å². The van der Waals surface area contributed by atoms with Crippen molar-refractivity contribution in [1.82, 2.24) is 0 Å². The van der Waals surface area contributed by atoms with Gasteiger partial charge in [-0.25, -0.2) is 0 Å². The lowest BCUT2D eigenvalue weighted by atomic mass is 9.50. The zero-order chi connectivity index (χ0) is 20.8. The fourth-order valence-corrected chi connectivity index (χ4v) is 8.04. The molecule has 8 atom stereocenters. The van der Waals surface area contributed by atoms with Crippen LogP contribution in [0.2, 0.25) is 0 Å². The van der Waals surface area contributed by atoms with E-state index in [4.69, 9.17) is 0 Å². The largest absolute Gasteiger partial charge is 0.396 e. The highest BCUT2D eigenvalue weighted by Gasteiger charge is 2.56. The third-order valence-electron chi connectivity index (χ3n) is 9.97. The van der Waals surface area contributed by atoms with E-state index in [-0.39, 0.29) is 6.10 Å². The van der Waals surface area contributed by atoms with Crippen LogP contribution in [0.25, 0.3) is 0 Å². The number of aliphatic hydroxyl groups excluding tert-OH is 2. The van der Waals surface area contributed by atoms with Gasteiger partial charge in [0.05, 0.1) is 6.10 Å². The molecule has 3 fully saturated rings. The molecule has 4 aliphatic carbocycles. The van der Waals surface area contributed by atoms with Crippen molar-refractivity contribution >= 4 is 0 Å². The highest BCUT2D eigenvalue weighted by molar-refractivity contribution is 5.38. The predicted octanol–water partition coefficient (Wildman–Crippen LogP) is 6.28.